The number of amides is 1. The Bertz CT molecular complexity index is 861. The number of aromatic nitrogens is 2. The highest BCUT2D eigenvalue weighted by Crippen LogP contribution is 2.30. The average Bonchev–Trinajstić information content (AvgIpc) is 2.69. The van der Waals surface area contributed by atoms with Crippen LogP contribution in [0.1, 0.15) is 38.2 Å². The molecule has 1 amide bonds. The number of anilines is 2. The summed E-state index contributed by atoms with van der Waals surface area (Å²) in [5.41, 5.74) is 1.44. The van der Waals surface area contributed by atoms with Gasteiger partial charge in [0.1, 0.15) is 11.6 Å². The molecule has 0 aliphatic carbocycles. The number of aryl methyl sites for hydroxylation is 1. The normalized spacial score (nSPS) is 16.2. The van der Waals surface area contributed by atoms with Gasteiger partial charge in [0.15, 0.2) is 0 Å². The molecule has 2 heterocycles. The molecule has 1 aliphatic rings. The van der Waals surface area contributed by atoms with Gasteiger partial charge in [0, 0.05) is 43.9 Å². The third kappa shape index (κ3) is 5.18. The van der Waals surface area contributed by atoms with Gasteiger partial charge < -0.3 is 10.2 Å². The van der Waals surface area contributed by atoms with E-state index in [-0.39, 0.29) is 17.9 Å². The molecule has 0 bridgehead atoms. The molecule has 1 aromatic carbocycles. The van der Waals surface area contributed by atoms with Crippen LogP contribution >= 0.6 is 23.2 Å². The van der Waals surface area contributed by atoms with Crippen LogP contribution in [0.4, 0.5) is 11.5 Å². The predicted molar refractivity (Wildman–Crippen MR) is 119 cm³/mol. The quantitative estimate of drug-likeness (QED) is 0.755. The number of halogens is 2. The molecule has 0 saturated carbocycles. The number of carbonyl (C=O) groups excluding carboxylic acids is 1. The molecule has 2 aromatic rings. The van der Waals surface area contributed by atoms with Crippen LogP contribution in [0, 0.1) is 6.92 Å². The van der Waals surface area contributed by atoms with Crippen molar-refractivity contribution in [3.05, 3.63) is 45.8 Å². The Labute approximate surface area is 182 Å². The number of carbonyl (C=O) groups is 1. The van der Waals surface area contributed by atoms with Crippen LogP contribution in [0.5, 0.6) is 0 Å². The Hall–Kier alpha value is -1.89. The van der Waals surface area contributed by atoms with Crippen molar-refractivity contribution in [1.29, 1.82) is 0 Å². The number of piperazine rings is 1. The Balaban J connectivity index is 1.62. The van der Waals surface area contributed by atoms with Crippen LogP contribution in [0.25, 0.3) is 0 Å². The lowest BCUT2D eigenvalue weighted by Crippen LogP contribution is -2.53. The van der Waals surface area contributed by atoms with Crippen molar-refractivity contribution < 1.29 is 4.79 Å². The molecule has 29 heavy (non-hydrogen) atoms. The SMILES string of the molecule is Cc1cc(N2CCN(C(C)C(=O)Nc3c(Cl)cccc3Cl)CC2)nc(C(C)C)n1. The first kappa shape index (κ1) is 21.8. The second-order valence-corrected chi connectivity index (χ2v) is 8.48. The summed E-state index contributed by atoms with van der Waals surface area (Å²) in [7, 11) is 0. The largest absolute Gasteiger partial charge is 0.354 e. The van der Waals surface area contributed by atoms with E-state index in [4.69, 9.17) is 28.2 Å². The van der Waals surface area contributed by atoms with Gasteiger partial charge in [-0.1, -0.05) is 43.1 Å². The predicted octanol–water partition coefficient (Wildman–Crippen LogP) is 4.36. The van der Waals surface area contributed by atoms with Crippen LogP contribution < -0.4 is 10.2 Å². The minimum absolute atomic E-state index is 0.117. The van der Waals surface area contributed by atoms with Crippen molar-refractivity contribution in [2.45, 2.75) is 39.7 Å². The van der Waals surface area contributed by atoms with Crippen molar-refractivity contribution >= 4 is 40.6 Å². The molecule has 0 spiro atoms. The molecule has 1 N–H and O–H groups in total. The fourth-order valence-electron chi connectivity index (χ4n) is 3.34. The zero-order valence-corrected chi connectivity index (χ0v) is 18.8. The molecule has 3 rings (SSSR count). The number of nitrogens with one attached hydrogen (secondary N) is 1. The fraction of sp³-hybridized carbons (Fsp3) is 0.476. The maximum atomic E-state index is 12.7. The van der Waals surface area contributed by atoms with Crippen LogP contribution in [0.15, 0.2) is 24.3 Å². The summed E-state index contributed by atoms with van der Waals surface area (Å²) in [6.45, 7) is 11.2. The molecule has 1 saturated heterocycles. The Morgan fingerprint density at radius 1 is 1.07 bits per heavy atom. The minimum atomic E-state index is -0.289. The molecule has 1 unspecified atom stereocenters. The van der Waals surface area contributed by atoms with Gasteiger partial charge >= 0.3 is 0 Å². The first-order valence-corrected chi connectivity index (χ1v) is 10.6. The Morgan fingerprint density at radius 3 is 2.28 bits per heavy atom. The van der Waals surface area contributed by atoms with Crippen molar-refractivity contribution in [2.75, 3.05) is 36.4 Å². The topological polar surface area (TPSA) is 61.4 Å². The van der Waals surface area contributed by atoms with Gasteiger partial charge in [-0.25, -0.2) is 9.97 Å². The van der Waals surface area contributed by atoms with Gasteiger partial charge in [-0.05, 0) is 26.0 Å². The third-order valence-electron chi connectivity index (χ3n) is 5.15. The first-order chi connectivity index (χ1) is 13.8. The number of hydrogen-bond donors (Lipinski definition) is 1. The van der Waals surface area contributed by atoms with Crippen LogP contribution in [0.2, 0.25) is 10.0 Å². The second-order valence-electron chi connectivity index (χ2n) is 7.67. The van der Waals surface area contributed by atoms with E-state index in [0.29, 0.717) is 15.7 Å². The summed E-state index contributed by atoms with van der Waals surface area (Å²) >= 11 is 12.3. The van der Waals surface area contributed by atoms with Gasteiger partial charge in [-0.3, -0.25) is 9.69 Å². The monoisotopic (exact) mass is 435 g/mol. The summed E-state index contributed by atoms with van der Waals surface area (Å²) in [6.07, 6.45) is 0. The molecule has 6 nitrogen and oxygen atoms in total. The maximum absolute atomic E-state index is 12.7. The van der Waals surface area contributed by atoms with E-state index >= 15 is 0 Å². The van der Waals surface area contributed by atoms with Crippen molar-refractivity contribution in [3.63, 3.8) is 0 Å². The Morgan fingerprint density at radius 2 is 1.69 bits per heavy atom. The van der Waals surface area contributed by atoms with Gasteiger partial charge in [0.05, 0.1) is 21.8 Å². The summed E-state index contributed by atoms with van der Waals surface area (Å²) in [5.74, 6) is 2.00. The van der Waals surface area contributed by atoms with Gasteiger partial charge in [-0.15, -0.1) is 0 Å². The molecular formula is C21H27Cl2N5O. The van der Waals surface area contributed by atoms with Crippen molar-refractivity contribution in [3.8, 4) is 0 Å². The van der Waals surface area contributed by atoms with E-state index in [1.165, 1.54) is 0 Å². The lowest BCUT2D eigenvalue weighted by molar-refractivity contribution is -0.120. The van der Waals surface area contributed by atoms with E-state index < -0.39 is 0 Å². The molecular weight excluding hydrogens is 409 g/mol. The van der Waals surface area contributed by atoms with E-state index in [0.717, 1.165) is 43.5 Å². The zero-order valence-electron chi connectivity index (χ0n) is 17.2. The molecule has 1 fully saturated rings. The molecule has 156 valence electrons. The number of benzene rings is 1. The highest BCUT2D eigenvalue weighted by molar-refractivity contribution is 6.39. The highest BCUT2D eigenvalue weighted by Gasteiger charge is 2.27. The average molecular weight is 436 g/mol. The lowest BCUT2D eigenvalue weighted by Gasteiger charge is -2.38. The van der Waals surface area contributed by atoms with Crippen molar-refractivity contribution in [1.82, 2.24) is 14.9 Å². The minimum Gasteiger partial charge on any atom is -0.354 e. The molecule has 0 radical (unpaired) electrons. The number of nitrogens with zero attached hydrogens (tertiary/aromatic N) is 4. The van der Waals surface area contributed by atoms with E-state index in [1.807, 2.05) is 19.9 Å². The fourth-order valence-corrected chi connectivity index (χ4v) is 3.84. The van der Waals surface area contributed by atoms with Crippen molar-refractivity contribution in [2.24, 2.45) is 0 Å². The number of hydrogen-bond acceptors (Lipinski definition) is 5. The van der Waals surface area contributed by atoms with Gasteiger partial charge in [0.2, 0.25) is 5.91 Å². The lowest BCUT2D eigenvalue weighted by atomic mass is 10.2. The third-order valence-corrected chi connectivity index (χ3v) is 5.78. The van der Waals surface area contributed by atoms with Crippen LogP contribution in [0.3, 0.4) is 0 Å². The summed E-state index contributed by atoms with van der Waals surface area (Å²) in [5, 5.41) is 3.73. The zero-order chi connectivity index (χ0) is 21.1. The smallest absolute Gasteiger partial charge is 0.241 e. The Kier molecular flexibility index (Phi) is 6.98. The van der Waals surface area contributed by atoms with E-state index in [1.54, 1.807) is 18.2 Å². The summed E-state index contributed by atoms with van der Waals surface area (Å²) in [4.78, 5) is 26.4. The van der Waals surface area contributed by atoms with Crippen LogP contribution in [-0.4, -0.2) is 53.0 Å². The van der Waals surface area contributed by atoms with Gasteiger partial charge in [0.25, 0.3) is 0 Å². The second kappa shape index (κ2) is 9.28. The van der Waals surface area contributed by atoms with E-state index in [2.05, 4.69) is 33.9 Å². The molecule has 1 aliphatic heterocycles. The molecule has 1 atom stereocenters. The first-order valence-electron chi connectivity index (χ1n) is 9.85. The molecule has 8 heteroatoms. The molecule has 1 aromatic heterocycles. The van der Waals surface area contributed by atoms with Crippen LogP contribution in [-0.2, 0) is 4.79 Å². The maximum Gasteiger partial charge on any atom is 0.241 e. The highest BCUT2D eigenvalue weighted by atomic mass is 35.5. The number of rotatable bonds is 5. The summed E-state index contributed by atoms with van der Waals surface area (Å²) in [6, 6.07) is 6.91. The van der Waals surface area contributed by atoms with Gasteiger partial charge in [-0.2, -0.15) is 0 Å². The summed E-state index contributed by atoms with van der Waals surface area (Å²) < 4.78 is 0. The standard InChI is InChI=1S/C21H27Cl2N5O/c1-13(2)20-24-14(3)12-18(25-20)28-10-8-27(9-11-28)15(4)21(29)26-19-16(22)6-5-7-17(19)23/h5-7,12-13,15H,8-11H2,1-4H3,(H,26,29). The van der Waals surface area contributed by atoms with E-state index in [9.17, 15) is 4.79 Å². The number of para-hydroxylation sites is 1.